The van der Waals surface area contributed by atoms with Crippen molar-refractivity contribution < 1.29 is 10.2 Å². The van der Waals surface area contributed by atoms with Crippen LogP contribution in [0.1, 0.15) is 66.1 Å². The van der Waals surface area contributed by atoms with Gasteiger partial charge in [0.1, 0.15) is 17.6 Å². The predicted molar refractivity (Wildman–Crippen MR) is 168 cm³/mol. The van der Waals surface area contributed by atoms with Crippen molar-refractivity contribution in [3.8, 4) is 5.75 Å². The lowest BCUT2D eigenvalue weighted by Crippen LogP contribution is -2.51. The van der Waals surface area contributed by atoms with Crippen molar-refractivity contribution in [2.75, 3.05) is 32.5 Å². The van der Waals surface area contributed by atoms with Gasteiger partial charge >= 0.3 is 0 Å². The quantitative estimate of drug-likeness (QED) is 0.290. The molecule has 2 fully saturated rings. The molecule has 1 unspecified atom stereocenters. The Balaban J connectivity index is 1.20. The van der Waals surface area contributed by atoms with Crippen LogP contribution in [0.5, 0.6) is 5.75 Å². The van der Waals surface area contributed by atoms with Crippen LogP contribution in [-0.4, -0.2) is 69.2 Å². The number of phenols is 1. The summed E-state index contributed by atoms with van der Waals surface area (Å²) in [5, 5.41) is 28.1. The van der Waals surface area contributed by atoms with Gasteiger partial charge in [-0.3, -0.25) is 4.90 Å². The Morgan fingerprint density at radius 1 is 1.05 bits per heavy atom. The third kappa shape index (κ3) is 3.66. The van der Waals surface area contributed by atoms with Crippen molar-refractivity contribution in [3.63, 3.8) is 0 Å². The monoisotopic (exact) mass is 561 g/mol. The Bertz CT molecular complexity index is 1700. The highest BCUT2D eigenvalue weighted by Gasteiger charge is 2.44. The SMILES string of the molecule is C=CC1=CN2C=Cc3c([nH]c4c([C@H]5CCCN5C)c(O)ccc34)C2C(O)=C1C[C@H]1[C@@H]2Nc3ccccc3[C@@H]2CCN1C. The fourth-order valence-corrected chi connectivity index (χ4v) is 8.46. The second-order valence-electron chi connectivity index (χ2n) is 12.7. The highest BCUT2D eigenvalue weighted by molar-refractivity contribution is 5.95. The van der Waals surface area contributed by atoms with Crippen molar-refractivity contribution in [2.24, 2.45) is 0 Å². The zero-order chi connectivity index (χ0) is 28.7. The maximum Gasteiger partial charge on any atom is 0.131 e. The van der Waals surface area contributed by atoms with Gasteiger partial charge in [-0.2, -0.15) is 0 Å². The number of H-pyrrole nitrogens is 1. The van der Waals surface area contributed by atoms with E-state index in [2.05, 4.69) is 88.4 Å². The molecule has 7 heteroatoms. The molecule has 7 nitrogen and oxygen atoms in total. The zero-order valence-electron chi connectivity index (χ0n) is 24.3. The summed E-state index contributed by atoms with van der Waals surface area (Å²) in [6, 6.07) is 12.9. The zero-order valence-corrected chi connectivity index (χ0v) is 24.3. The summed E-state index contributed by atoms with van der Waals surface area (Å²) in [6.45, 7) is 6.18. The molecule has 3 aromatic rings. The topological polar surface area (TPSA) is 78.0 Å². The van der Waals surface area contributed by atoms with E-state index in [1.54, 1.807) is 0 Å². The molecule has 1 aromatic heterocycles. The average molecular weight is 562 g/mol. The van der Waals surface area contributed by atoms with Crippen molar-refractivity contribution in [2.45, 2.75) is 55.8 Å². The average Bonchev–Trinajstić information content (AvgIpc) is 3.70. The molecule has 2 saturated heterocycles. The summed E-state index contributed by atoms with van der Waals surface area (Å²) in [4.78, 5) is 10.6. The molecular weight excluding hydrogens is 522 g/mol. The third-order valence-corrected chi connectivity index (χ3v) is 10.6. The molecule has 2 aromatic carbocycles. The highest BCUT2D eigenvalue weighted by Crippen LogP contribution is 2.49. The summed E-state index contributed by atoms with van der Waals surface area (Å²) in [7, 11) is 4.34. The van der Waals surface area contributed by atoms with Crippen molar-refractivity contribution in [3.05, 3.63) is 101 Å². The molecule has 5 aliphatic heterocycles. The Morgan fingerprint density at radius 2 is 1.90 bits per heavy atom. The van der Waals surface area contributed by atoms with Crippen LogP contribution in [0.25, 0.3) is 17.0 Å². The number of fused-ring (bicyclic) bond motifs is 8. The first-order valence-corrected chi connectivity index (χ1v) is 15.3. The van der Waals surface area contributed by atoms with Gasteiger partial charge in [-0.1, -0.05) is 30.9 Å². The number of hydrogen-bond donors (Lipinski definition) is 4. The number of nitrogens with one attached hydrogen (secondary N) is 2. The van der Waals surface area contributed by atoms with Gasteiger partial charge in [0.2, 0.25) is 0 Å². The molecule has 216 valence electrons. The molecular formula is C35H39N5O2. The second kappa shape index (κ2) is 9.54. The minimum Gasteiger partial charge on any atom is -0.509 e. The van der Waals surface area contributed by atoms with Crippen LogP contribution in [0.3, 0.4) is 0 Å². The van der Waals surface area contributed by atoms with E-state index in [4.69, 9.17) is 0 Å². The Labute approximate surface area is 247 Å². The molecule has 6 heterocycles. The smallest absolute Gasteiger partial charge is 0.131 e. The number of likely N-dealkylation sites (N-methyl/N-ethyl adjacent to an activating group) is 1. The summed E-state index contributed by atoms with van der Waals surface area (Å²) in [6.07, 6.45) is 12.2. The number of benzene rings is 2. The fraction of sp³-hybridized carbons (Fsp3) is 0.371. The van der Waals surface area contributed by atoms with Gasteiger partial charge in [0.15, 0.2) is 0 Å². The van der Waals surface area contributed by atoms with Crippen LogP contribution in [0.4, 0.5) is 5.69 Å². The molecule has 0 aliphatic carbocycles. The normalized spacial score (nSPS) is 28.8. The first kappa shape index (κ1) is 25.7. The maximum atomic E-state index is 12.1. The molecule has 42 heavy (non-hydrogen) atoms. The number of allylic oxidation sites excluding steroid dienone is 2. The number of aromatic nitrogens is 1. The van der Waals surface area contributed by atoms with Gasteiger partial charge < -0.3 is 30.3 Å². The van der Waals surface area contributed by atoms with Crippen LogP contribution in [0, 0.1) is 0 Å². The molecule has 5 aliphatic rings. The number of piperidine rings is 1. The summed E-state index contributed by atoms with van der Waals surface area (Å²) >= 11 is 0. The van der Waals surface area contributed by atoms with E-state index in [1.165, 1.54) is 11.3 Å². The van der Waals surface area contributed by atoms with Crippen molar-refractivity contribution in [1.82, 2.24) is 19.7 Å². The van der Waals surface area contributed by atoms with Crippen LogP contribution >= 0.6 is 0 Å². The van der Waals surface area contributed by atoms with E-state index in [1.807, 2.05) is 18.2 Å². The van der Waals surface area contributed by atoms with Gasteiger partial charge in [-0.05, 0) is 88.3 Å². The van der Waals surface area contributed by atoms with Gasteiger partial charge in [0.05, 0.1) is 11.2 Å². The largest absolute Gasteiger partial charge is 0.509 e. The number of aromatic amines is 1. The number of likely N-dealkylation sites (tertiary alicyclic amines) is 2. The first-order chi connectivity index (χ1) is 20.4. The predicted octanol–water partition coefficient (Wildman–Crippen LogP) is 6.54. The number of rotatable bonds is 4. The van der Waals surface area contributed by atoms with E-state index in [-0.39, 0.29) is 24.2 Å². The van der Waals surface area contributed by atoms with E-state index in [9.17, 15) is 10.2 Å². The fourth-order valence-electron chi connectivity index (χ4n) is 8.46. The number of aliphatic hydroxyl groups excluding tert-OH is 1. The van der Waals surface area contributed by atoms with Gasteiger partial charge in [0.25, 0.3) is 0 Å². The molecule has 4 N–H and O–H groups in total. The Kier molecular flexibility index (Phi) is 5.85. The number of anilines is 1. The minimum absolute atomic E-state index is 0.171. The van der Waals surface area contributed by atoms with Gasteiger partial charge in [-0.25, -0.2) is 0 Å². The molecule has 5 atom stereocenters. The van der Waals surface area contributed by atoms with Gasteiger partial charge in [0, 0.05) is 64.2 Å². The minimum atomic E-state index is -0.356. The summed E-state index contributed by atoms with van der Waals surface area (Å²) in [5.74, 6) is 1.18. The third-order valence-electron chi connectivity index (χ3n) is 10.6. The van der Waals surface area contributed by atoms with Crippen LogP contribution in [-0.2, 0) is 0 Å². The van der Waals surface area contributed by atoms with Gasteiger partial charge in [-0.15, -0.1) is 0 Å². The highest BCUT2D eigenvalue weighted by atomic mass is 16.3. The van der Waals surface area contributed by atoms with E-state index in [0.29, 0.717) is 17.4 Å². The van der Waals surface area contributed by atoms with E-state index in [0.717, 1.165) is 77.6 Å². The summed E-state index contributed by atoms with van der Waals surface area (Å²) < 4.78 is 0. The second-order valence-corrected chi connectivity index (χ2v) is 12.7. The van der Waals surface area contributed by atoms with Crippen molar-refractivity contribution >= 4 is 22.7 Å². The summed E-state index contributed by atoms with van der Waals surface area (Å²) in [5.41, 5.74) is 8.57. The molecule has 0 spiro atoms. The van der Waals surface area contributed by atoms with Crippen LogP contribution in [0.15, 0.2) is 78.4 Å². The molecule has 0 radical (unpaired) electrons. The lowest BCUT2D eigenvalue weighted by atomic mass is 9.79. The van der Waals surface area contributed by atoms with E-state index < -0.39 is 0 Å². The maximum absolute atomic E-state index is 12.1. The Morgan fingerprint density at radius 3 is 2.71 bits per heavy atom. The van der Waals surface area contributed by atoms with E-state index >= 15 is 0 Å². The number of aromatic hydroxyl groups is 1. The number of nitrogens with zero attached hydrogens (tertiary/aromatic N) is 3. The molecule has 0 bridgehead atoms. The lowest BCUT2D eigenvalue weighted by Gasteiger charge is -2.43. The standard InChI is InChI=1S/C35H39N5O2/c1-4-20-19-40-17-14-24-22-11-12-29(41)30(27-10-7-15-38(27)2)32(22)37-33(24)34(40)35(42)25(20)18-28-31-23(13-16-39(28)3)21-8-5-6-9-26(21)36-31/h4-6,8-9,11-12,14,17,19,23,27-28,31,34,36-37,41-42H,1,7,10,13,15-16,18H2,2-3H3/t23-,27+,28-,31+,34?/m0/s1. The molecule has 0 saturated carbocycles. The number of hydrogen-bond acceptors (Lipinski definition) is 6. The lowest BCUT2D eigenvalue weighted by molar-refractivity contribution is 0.154. The molecule has 0 amide bonds. The Hall–Kier alpha value is -3.94. The van der Waals surface area contributed by atoms with Crippen molar-refractivity contribution in [1.29, 1.82) is 0 Å². The number of phenolic OH excluding ortho intramolecular Hbond substituents is 1. The van der Waals surface area contributed by atoms with Crippen LogP contribution < -0.4 is 5.32 Å². The molecule has 8 rings (SSSR count). The van der Waals surface area contributed by atoms with Crippen LogP contribution in [0.2, 0.25) is 0 Å². The number of aliphatic hydroxyl groups is 1. The first-order valence-electron chi connectivity index (χ1n) is 15.3. The number of para-hydroxylation sites is 1.